The van der Waals surface area contributed by atoms with Gasteiger partial charge in [0.2, 0.25) is 11.8 Å². The van der Waals surface area contributed by atoms with Gasteiger partial charge in [0.05, 0.1) is 12.1 Å². The van der Waals surface area contributed by atoms with Crippen molar-refractivity contribution >= 4 is 23.4 Å². The van der Waals surface area contributed by atoms with Gasteiger partial charge in [0.15, 0.2) is 0 Å². The summed E-state index contributed by atoms with van der Waals surface area (Å²) < 4.78 is 26.4. The second-order valence-corrected chi connectivity index (χ2v) is 6.29. The molecule has 0 aliphatic heterocycles. The van der Waals surface area contributed by atoms with Crippen molar-refractivity contribution in [3.63, 3.8) is 0 Å². The summed E-state index contributed by atoms with van der Waals surface area (Å²) >= 11 is 0. The first-order chi connectivity index (χ1) is 13.3. The van der Waals surface area contributed by atoms with Crippen molar-refractivity contribution in [2.24, 2.45) is 0 Å². The van der Waals surface area contributed by atoms with Gasteiger partial charge >= 0.3 is 0 Å². The molecule has 2 rings (SSSR count). The predicted molar refractivity (Wildman–Crippen MR) is 101 cm³/mol. The normalized spacial score (nSPS) is 10.3. The van der Waals surface area contributed by atoms with E-state index in [0.717, 1.165) is 17.7 Å². The Morgan fingerprint density at radius 1 is 1.04 bits per heavy atom. The van der Waals surface area contributed by atoms with Crippen molar-refractivity contribution in [1.82, 2.24) is 10.2 Å². The molecule has 8 heteroatoms. The summed E-state index contributed by atoms with van der Waals surface area (Å²) in [5.74, 6) is -3.22. The second-order valence-electron chi connectivity index (χ2n) is 6.29. The van der Waals surface area contributed by atoms with Crippen molar-refractivity contribution in [2.75, 3.05) is 25.5 Å². The van der Waals surface area contributed by atoms with E-state index in [1.165, 1.54) is 11.9 Å². The van der Waals surface area contributed by atoms with Crippen LogP contribution >= 0.6 is 0 Å². The molecule has 28 heavy (non-hydrogen) atoms. The molecule has 0 unspecified atom stereocenters. The van der Waals surface area contributed by atoms with Crippen LogP contribution in [0.3, 0.4) is 0 Å². The van der Waals surface area contributed by atoms with E-state index in [9.17, 15) is 23.2 Å². The number of carbonyl (C=O) groups is 3. The summed E-state index contributed by atoms with van der Waals surface area (Å²) in [5, 5.41) is 5.08. The molecule has 0 bridgehead atoms. The van der Waals surface area contributed by atoms with Crippen molar-refractivity contribution in [3.05, 3.63) is 65.2 Å². The van der Waals surface area contributed by atoms with E-state index < -0.39 is 17.5 Å². The Bertz CT molecular complexity index is 869. The lowest BCUT2D eigenvalue weighted by molar-refractivity contribution is -0.133. The molecule has 0 heterocycles. The minimum atomic E-state index is -0.978. The lowest BCUT2D eigenvalue weighted by Gasteiger charge is -2.17. The summed E-state index contributed by atoms with van der Waals surface area (Å²) in [5.41, 5.74) is 1.39. The Labute approximate surface area is 161 Å². The van der Waals surface area contributed by atoms with Crippen LogP contribution in [0.15, 0.2) is 42.5 Å². The SMILES string of the molecule is Cc1ccc(NC(=O)CN(C)C(=O)CCNC(=O)c2ccc(F)cc2F)cc1. The predicted octanol–water partition coefficient (Wildman–Crippen LogP) is 2.49. The Kier molecular flexibility index (Phi) is 7.20. The third kappa shape index (κ3) is 6.15. The fraction of sp³-hybridized carbons (Fsp3) is 0.250. The first-order valence-corrected chi connectivity index (χ1v) is 8.60. The van der Waals surface area contributed by atoms with Gasteiger partial charge in [-0.25, -0.2) is 8.78 Å². The Morgan fingerprint density at radius 3 is 2.36 bits per heavy atom. The van der Waals surface area contributed by atoms with Gasteiger partial charge in [-0.3, -0.25) is 14.4 Å². The zero-order valence-corrected chi connectivity index (χ0v) is 15.6. The van der Waals surface area contributed by atoms with Gasteiger partial charge < -0.3 is 15.5 Å². The number of nitrogens with zero attached hydrogens (tertiary/aromatic N) is 1. The fourth-order valence-electron chi connectivity index (χ4n) is 2.38. The van der Waals surface area contributed by atoms with Crippen molar-refractivity contribution < 1.29 is 23.2 Å². The van der Waals surface area contributed by atoms with Gasteiger partial charge in [-0.05, 0) is 31.2 Å². The van der Waals surface area contributed by atoms with E-state index in [1.807, 2.05) is 19.1 Å². The van der Waals surface area contributed by atoms with Crippen LogP contribution in [0.25, 0.3) is 0 Å². The van der Waals surface area contributed by atoms with Gasteiger partial charge in [0.1, 0.15) is 11.6 Å². The molecule has 0 aromatic heterocycles. The highest BCUT2D eigenvalue weighted by Gasteiger charge is 2.15. The van der Waals surface area contributed by atoms with Gasteiger partial charge in [-0.2, -0.15) is 0 Å². The third-order valence-corrected chi connectivity index (χ3v) is 3.94. The van der Waals surface area contributed by atoms with Crippen molar-refractivity contribution in [3.8, 4) is 0 Å². The Balaban J connectivity index is 1.76. The molecular formula is C20H21F2N3O3. The molecular weight excluding hydrogens is 368 g/mol. The number of aryl methyl sites for hydroxylation is 1. The number of amides is 3. The molecule has 0 aliphatic carbocycles. The van der Waals surface area contributed by atoms with Crippen LogP contribution in [0.1, 0.15) is 22.3 Å². The number of hydrogen-bond acceptors (Lipinski definition) is 3. The summed E-state index contributed by atoms with van der Waals surface area (Å²) in [6.07, 6.45) is -0.0666. The standard InChI is InChI=1S/C20H21F2N3O3/c1-13-3-6-15(7-4-13)24-18(26)12-25(2)19(27)9-10-23-20(28)16-8-5-14(21)11-17(16)22/h3-8,11H,9-10,12H2,1-2H3,(H,23,28)(H,24,26). The quantitative estimate of drug-likeness (QED) is 0.764. The fourth-order valence-corrected chi connectivity index (χ4v) is 2.38. The number of halogens is 2. The molecule has 0 radical (unpaired) electrons. The van der Waals surface area contributed by atoms with Crippen LogP contribution in [-0.2, 0) is 9.59 Å². The van der Waals surface area contributed by atoms with Crippen molar-refractivity contribution in [2.45, 2.75) is 13.3 Å². The van der Waals surface area contributed by atoms with E-state index in [4.69, 9.17) is 0 Å². The third-order valence-electron chi connectivity index (χ3n) is 3.94. The van der Waals surface area contributed by atoms with E-state index in [-0.39, 0.29) is 36.9 Å². The zero-order chi connectivity index (χ0) is 20.7. The molecule has 0 saturated heterocycles. The monoisotopic (exact) mass is 389 g/mol. The van der Waals surface area contributed by atoms with Crippen LogP contribution in [0, 0.1) is 18.6 Å². The smallest absolute Gasteiger partial charge is 0.254 e. The van der Waals surface area contributed by atoms with Crippen molar-refractivity contribution in [1.29, 1.82) is 0 Å². The van der Waals surface area contributed by atoms with Gasteiger partial charge in [-0.1, -0.05) is 17.7 Å². The number of anilines is 1. The summed E-state index contributed by atoms with van der Waals surface area (Å²) in [7, 11) is 1.47. The number of carbonyl (C=O) groups excluding carboxylic acids is 3. The van der Waals surface area contributed by atoms with Crippen LogP contribution < -0.4 is 10.6 Å². The highest BCUT2D eigenvalue weighted by atomic mass is 19.1. The number of benzene rings is 2. The molecule has 2 N–H and O–H groups in total. The lowest BCUT2D eigenvalue weighted by Crippen LogP contribution is -2.37. The van der Waals surface area contributed by atoms with Crippen LogP contribution in [0.2, 0.25) is 0 Å². The maximum atomic E-state index is 13.5. The molecule has 3 amide bonds. The van der Waals surface area contributed by atoms with Crippen LogP contribution in [0.5, 0.6) is 0 Å². The second kappa shape index (κ2) is 9.59. The number of hydrogen-bond donors (Lipinski definition) is 2. The molecule has 148 valence electrons. The number of likely N-dealkylation sites (N-methyl/N-ethyl adjacent to an activating group) is 1. The first-order valence-electron chi connectivity index (χ1n) is 8.60. The van der Waals surface area contributed by atoms with Gasteiger partial charge in [-0.15, -0.1) is 0 Å². The van der Waals surface area contributed by atoms with E-state index in [0.29, 0.717) is 11.8 Å². The summed E-state index contributed by atoms with van der Waals surface area (Å²) in [6.45, 7) is 1.74. The average molecular weight is 389 g/mol. The molecule has 6 nitrogen and oxygen atoms in total. The zero-order valence-electron chi connectivity index (χ0n) is 15.6. The van der Waals surface area contributed by atoms with E-state index in [1.54, 1.807) is 12.1 Å². The number of rotatable bonds is 7. The van der Waals surface area contributed by atoms with Gasteiger partial charge in [0, 0.05) is 31.8 Å². The minimum Gasteiger partial charge on any atom is -0.351 e. The Morgan fingerprint density at radius 2 is 1.71 bits per heavy atom. The Hall–Kier alpha value is -3.29. The van der Waals surface area contributed by atoms with E-state index >= 15 is 0 Å². The molecule has 0 atom stereocenters. The van der Waals surface area contributed by atoms with E-state index in [2.05, 4.69) is 10.6 Å². The van der Waals surface area contributed by atoms with Crippen LogP contribution in [-0.4, -0.2) is 42.8 Å². The average Bonchev–Trinajstić information content (AvgIpc) is 2.63. The maximum Gasteiger partial charge on any atom is 0.254 e. The highest BCUT2D eigenvalue weighted by Crippen LogP contribution is 2.10. The summed E-state index contributed by atoms with van der Waals surface area (Å²) in [4.78, 5) is 37.2. The highest BCUT2D eigenvalue weighted by molar-refractivity contribution is 5.95. The minimum absolute atomic E-state index is 0.0432. The summed E-state index contributed by atoms with van der Waals surface area (Å²) in [6, 6.07) is 9.86. The number of nitrogens with one attached hydrogen (secondary N) is 2. The largest absolute Gasteiger partial charge is 0.351 e. The molecule has 0 spiro atoms. The topological polar surface area (TPSA) is 78.5 Å². The van der Waals surface area contributed by atoms with Gasteiger partial charge in [0.25, 0.3) is 5.91 Å². The van der Waals surface area contributed by atoms with Crippen LogP contribution in [0.4, 0.5) is 14.5 Å². The maximum absolute atomic E-state index is 13.5. The first kappa shape index (κ1) is 21.0. The molecule has 2 aromatic carbocycles. The molecule has 0 fully saturated rings. The molecule has 0 aliphatic rings. The molecule has 2 aromatic rings. The molecule has 0 saturated carbocycles. The lowest BCUT2D eigenvalue weighted by atomic mass is 10.2.